The number of rotatable bonds is 4. The summed E-state index contributed by atoms with van der Waals surface area (Å²) in [6.45, 7) is 0. The van der Waals surface area contributed by atoms with Gasteiger partial charge in [0, 0.05) is 11.1 Å². The first-order chi connectivity index (χ1) is 10.4. The van der Waals surface area contributed by atoms with Gasteiger partial charge >= 0.3 is 6.18 Å². The summed E-state index contributed by atoms with van der Waals surface area (Å²) in [6, 6.07) is 11.2. The molecule has 0 saturated carbocycles. The van der Waals surface area contributed by atoms with E-state index in [1.165, 1.54) is 13.2 Å². The van der Waals surface area contributed by atoms with Crippen molar-refractivity contribution in [2.24, 2.45) is 0 Å². The molecule has 0 aromatic heterocycles. The SMILES string of the molecule is COc1ccccc1/C=C/C(=O)c1ccc(C(F)(F)F)cc1. The van der Waals surface area contributed by atoms with Gasteiger partial charge in [0.15, 0.2) is 5.78 Å². The van der Waals surface area contributed by atoms with Crippen LogP contribution in [0.15, 0.2) is 54.6 Å². The molecule has 0 atom stereocenters. The van der Waals surface area contributed by atoms with Crippen LogP contribution in [-0.2, 0) is 6.18 Å². The fourth-order valence-electron chi connectivity index (χ4n) is 1.89. The van der Waals surface area contributed by atoms with Gasteiger partial charge in [0.1, 0.15) is 5.75 Å². The number of para-hydroxylation sites is 1. The second kappa shape index (κ2) is 6.47. The minimum Gasteiger partial charge on any atom is -0.496 e. The summed E-state index contributed by atoms with van der Waals surface area (Å²) in [5, 5.41) is 0. The van der Waals surface area contributed by atoms with Gasteiger partial charge in [-0.1, -0.05) is 30.3 Å². The number of hydrogen-bond donors (Lipinski definition) is 0. The van der Waals surface area contributed by atoms with Gasteiger partial charge in [-0.3, -0.25) is 4.79 Å². The molecule has 0 radical (unpaired) electrons. The molecule has 2 rings (SSSR count). The maximum atomic E-state index is 12.5. The third kappa shape index (κ3) is 3.75. The highest BCUT2D eigenvalue weighted by Gasteiger charge is 2.30. The van der Waals surface area contributed by atoms with E-state index in [-0.39, 0.29) is 11.3 Å². The maximum Gasteiger partial charge on any atom is 0.416 e. The predicted molar refractivity (Wildman–Crippen MR) is 77.8 cm³/mol. The summed E-state index contributed by atoms with van der Waals surface area (Å²) in [5.74, 6) is 0.235. The van der Waals surface area contributed by atoms with Crippen molar-refractivity contribution in [1.29, 1.82) is 0 Å². The van der Waals surface area contributed by atoms with E-state index in [4.69, 9.17) is 4.74 Å². The van der Waals surface area contributed by atoms with Gasteiger partial charge in [-0.25, -0.2) is 0 Å². The van der Waals surface area contributed by atoms with Crippen LogP contribution in [0.3, 0.4) is 0 Å². The lowest BCUT2D eigenvalue weighted by Gasteiger charge is -2.06. The summed E-state index contributed by atoms with van der Waals surface area (Å²) in [5.41, 5.74) is 0.127. The minimum absolute atomic E-state index is 0.194. The lowest BCUT2D eigenvalue weighted by atomic mass is 10.1. The van der Waals surface area contributed by atoms with Crippen LogP contribution in [-0.4, -0.2) is 12.9 Å². The van der Waals surface area contributed by atoms with Crippen molar-refractivity contribution in [1.82, 2.24) is 0 Å². The van der Waals surface area contributed by atoms with E-state index in [1.807, 2.05) is 0 Å². The molecular weight excluding hydrogens is 293 g/mol. The van der Waals surface area contributed by atoms with E-state index in [9.17, 15) is 18.0 Å². The van der Waals surface area contributed by atoms with Crippen LogP contribution in [0.5, 0.6) is 5.75 Å². The standard InChI is InChI=1S/C17H13F3O2/c1-22-16-5-3-2-4-13(16)8-11-15(21)12-6-9-14(10-7-12)17(18,19)20/h2-11H,1H3/b11-8+. The first-order valence-corrected chi connectivity index (χ1v) is 6.44. The van der Waals surface area contributed by atoms with E-state index < -0.39 is 11.7 Å². The minimum atomic E-state index is -4.41. The zero-order chi connectivity index (χ0) is 16.2. The molecule has 0 spiro atoms. The second-order valence-electron chi connectivity index (χ2n) is 4.51. The van der Waals surface area contributed by atoms with Crippen molar-refractivity contribution in [2.45, 2.75) is 6.18 Å². The molecule has 2 nitrogen and oxygen atoms in total. The van der Waals surface area contributed by atoms with E-state index in [1.54, 1.807) is 30.3 Å². The molecule has 2 aromatic rings. The highest BCUT2D eigenvalue weighted by molar-refractivity contribution is 6.06. The Morgan fingerprint density at radius 2 is 1.68 bits per heavy atom. The van der Waals surface area contributed by atoms with Gasteiger partial charge < -0.3 is 4.74 Å². The van der Waals surface area contributed by atoms with Crippen LogP contribution in [0.4, 0.5) is 13.2 Å². The Labute approximate surface area is 125 Å². The molecule has 0 bridgehead atoms. The monoisotopic (exact) mass is 306 g/mol. The summed E-state index contributed by atoms with van der Waals surface area (Å²) in [7, 11) is 1.52. The molecular formula is C17H13F3O2. The Morgan fingerprint density at radius 1 is 1.05 bits per heavy atom. The summed E-state index contributed by atoms with van der Waals surface area (Å²) >= 11 is 0. The Bertz CT molecular complexity index is 686. The lowest BCUT2D eigenvalue weighted by molar-refractivity contribution is -0.137. The van der Waals surface area contributed by atoms with Crippen LogP contribution in [0.1, 0.15) is 21.5 Å². The molecule has 0 N–H and O–H groups in total. The molecule has 0 aliphatic rings. The highest BCUT2D eigenvalue weighted by Crippen LogP contribution is 2.29. The summed E-state index contributed by atoms with van der Waals surface area (Å²) in [4.78, 5) is 12.0. The predicted octanol–water partition coefficient (Wildman–Crippen LogP) is 4.61. The molecule has 22 heavy (non-hydrogen) atoms. The van der Waals surface area contributed by atoms with Gasteiger partial charge in [0.05, 0.1) is 12.7 Å². The Kier molecular flexibility index (Phi) is 4.65. The number of carbonyl (C=O) groups excluding carboxylic acids is 1. The van der Waals surface area contributed by atoms with Gasteiger partial charge in [-0.2, -0.15) is 13.2 Å². The zero-order valence-corrected chi connectivity index (χ0v) is 11.7. The van der Waals surface area contributed by atoms with E-state index in [0.29, 0.717) is 11.3 Å². The quantitative estimate of drug-likeness (QED) is 0.609. The van der Waals surface area contributed by atoms with Crippen molar-refractivity contribution in [3.8, 4) is 5.75 Å². The Morgan fingerprint density at radius 3 is 2.27 bits per heavy atom. The van der Waals surface area contributed by atoms with E-state index >= 15 is 0 Å². The fourth-order valence-corrected chi connectivity index (χ4v) is 1.89. The van der Waals surface area contributed by atoms with Gasteiger partial charge in [0.25, 0.3) is 0 Å². The number of methoxy groups -OCH3 is 1. The number of hydrogen-bond acceptors (Lipinski definition) is 2. The molecule has 0 aliphatic carbocycles. The Balaban J connectivity index is 2.17. The summed E-state index contributed by atoms with van der Waals surface area (Å²) in [6.07, 6.45) is -1.53. The number of benzene rings is 2. The normalized spacial score (nSPS) is 11.6. The third-order valence-corrected chi connectivity index (χ3v) is 3.05. The van der Waals surface area contributed by atoms with Gasteiger partial charge in [-0.05, 0) is 30.4 Å². The van der Waals surface area contributed by atoms with Crippen LogP contribution >= 0.6 is 0 Å². The van der Waals surface area contributed by atoms with Crippen LogP contribution in [0.25, 0.3) is 6.08 Å². The van der Waals surface area contributed by atoms with Crippen molar-refractivity contribution in [3.63, 3.8) is 0 Å². The van der Waals surface area contributed by atoms with Crippen molar-refractivity contribution >= 4 is 11.9 Å². The van der Waals surface area contributed by atoms with E-state index in [2.05, 4.69) is 0 Å². The molecule has 0 saturated heterocycles. The number of carbonyl (C=O) groups is 1. The summed E-state index contributed by atoms with van der Waals surface area (Å²) < 4.78 is 42.5. The first-order valence-electron chi connectivity index (χ1n) is 6.44. The molecule has 0 fully saturated rings. The van der Waals surface area contributed by atoms with Crippen LogP contribution in [0.2, 0.25) is 0 Å². The number of halogens is 3. The average molecular weight is 306 g/mol. The molecule has 5 heteroatoms. The van der Waals surface area contributed by atoms with Crippen LogP contribution in [0, 0.1) is 0 Å². The van der Waals surface area contributed by atoms with Crippen molar-refractivity contribution in [3.05, 3.63) is 71.3 Å². The molecule has 0 heterocycles. The third-order valence-electron chi connectivity index (χ3n) is 3.05. The molecule has 0 amide bonds. The second-order valence-corrected chi connectivity index (χ2v) is 4.51. The van der Waals surface area contributed by atoms with Crippen molar-refractivity contribution < 1.29 is 22.7 Å². The van der Waals surface area contributed by atoms with Gasteiger partial charge in [-0.15, -0.1) is 0 Å². The number of ether oxygens (including phenoxy) is 1. The number of alkyl halides is 3. The number of allylic oxidation sites excluding steroid dienone is 1. The Hall–Kier alpha value is -2.56. The molecule has 0 unspecified atom stereocenters. The molecule has 0 aliphatic heterocycles. The molecule has 114 valence electrons. The fraction of sp³-hybridized carbons (Fsp3) is 0.118. The van der Waals surface area contributed by atoms with Crippen molar-refractivity contribution in [2.75, 3.05) is 7.11 Å². The topological polar surface area (TPSA) is 26.3 Å². The smallest absolute Gasteiger partial charge is 0.416 e. The van der Waals surface area contributed by atoms with Crippen LogP contribution < -0.4 is 4.74 Å². The van der Waals surface area contributed by atoms with E-state index in [0.717, 1.165) is 24.3 Å². The highest BCUT2D eigenvalue weighted by atomic mass is 19.4. The lowest BCUT2D eigenvalue weighted by Crippen LogP contribution is -2.05. The first kappa shape index (κ1) is 15.8. The van der Waals surface area contributed by atoms with Gasteiger partial charge in [0.2, 0.25) is 0 Å². The average Bonchev–Trinajstić information content (AvgIpc) is 2.52. The zero-order valence-electron chi connectivity index (χ0n) is 11.7. The maximum absolute atomic E-state index is 12.5. The number of ketones is 1. The largest absolute Gasteiger partial charge is 0.496 e. The molecule has 2 aromatic carbocycles.